The molecule has 0 aliphatic carbocycles. The highest BCUT2D eigenvalue weighted by atomic mass is 35.5. The van der Waals surface area contributed by atoms with Crippen LogP contribution in [0.5, 0.6) is 11.5 Å². The van der Waals surface area contributed by atoms with Crippen LogP contribution in [0.15, 0.2) is 42.5 Å². The Morgan fingerprint density at radius 2 is 1.68 bits per heavy atom. The van der Waals surface area contributed by atoms with Crippen LogP contribution in [-0.2, 0) is 13.0 Å². The van der Waals surface area contributed by atoms with Gasteiger partial charge in [-0.05, 0) is 36.2 Å². The molecule has 0 unspecified atom stereocenters. The summed E-state index contributed by atoms with van der Waals surface area (Å²) in [6.45, 7) is -0.0775. The highest BCUT2D eigenvalue weighted by Crippen LogP contribution is 2.30. The van der Waals surface area contributed by atoms with Crippen molar-refractivity contribution in [1.82, 2.24) is 0 Å². The van der Waals surface area contributed by atoms with Crippen molar-refractivity contribution in [3.05, 3.63) is 58.6 Å². The molecule has 0 spiro atoms. The summed E-state index contributed by atoms with van der Waals surface area (Å²) < 4.78 is 5.81. The highest BCUT2D eigenvalue weighted by Gasteiger charge is 2.08. The minimum Gasteiger partial charge on any atom is -0.457 e. The SMILES string of the molecule is OCCc1ccccc1Oc1ccc(Cl)cc1CO. The highest BCUT2D eigenvalue weighted by molar-refractivity contribution is 6.30. The van der Waals surface area contributed by atoms with Crippen LogP contribution in [0.2, 0.25) is 5.02 Å². The van der Waals surface area contributed by atoms with Crippen LogP contribution in [0.25, 0.3) is 0 Å². The molecule has 3 nitrogen and oxygen atoms in total. The van der Waals surface area contributed by atoms with Crippen molar-refractivity contribution >= 4 is 11.6 Å². The molecule has 19 heavy (non-hydrogen) atoms. The van der Waals surface area contributed by atoms with Gasteiger partial charge in [0.1, 0.15) is 11.5 Å². The molecule has 0 aliphatic heterocycles. The number of aliphatic hydroxyl groups is 2. The maximum Gasteiger partial charge on any atom is 0.133 e. The van der Waals surface area contributed by atoms with E-state index in [1.807, 2.05) is 24.3 Å². The molecule has 0 atom stereocenters. The van der Waals surface area contributed by atoms with Crippen LogP contribution < -0.4 is 4.74 Å². The molecule has 2 rings (SSSR count). The molecule has 0 aliphatic rings. The smallest absolute Gasteiger partial charge is 0.133 e. The summed E-state index contributed by atoms with van der Waals surface area (Å²) in [6, 6.07) is 12.6. The van der Waals surface area contributed by atoms with Gasteiger partial charge in [0.05, 0.1) is 6.61 Å². The third kappa shape index (κ3) is 3.47. The fourth-order valence-corrected chi connectivity index (χ4v) is 2.01. The lowest BCUT2D eigenvalue weighted by molar-refractivity contribution is 0.276. The maximum atomic E-state index is 9.31. The van der Waals surface area contributed by atoms with Crippen LogP contribution in [0.4, 0.5) is 0 Å². The van der Waals surface area contributed by atoms with E-state index in [2.05, 4.69) is 0 Å². The van der Waals surface area contributed by atoms with E-state index < -0.39 is 0 Å². The van der Waals surface area contributed by atoms with Crippen molar-refractivity contribution in [2.45, 2.75) is 13.0 Å². The molecule has 100 valence electrons. The normalized spacial score (nSPS) is 10.5. The standard InChI is InChI=1S/C15H15ClO3/c16-13-5-6-15(12(9-13)10-18)19-14-4-2-1-3-11(14)7-8-17/h1-6,9,17-18H,7-8,10H2. The lowest BCUT2D eigenvalue weighted by atomic mass is 10.1. The quantitative estimate of drug-likeness (QED) is 0.883. The van der Waals surface area contributed by atoms with Gasteiger partial charge >= 0.3 is 0 Å². The summed E-state index contributed by atoms with van der Waals surface area (Å²) in [5.74, 6) is 1.24. The summed E-state index contributed by atoms with van der Waals surface area (Å²) in [4.78, 5) is 0. The minimum absolute atomic E-state index is 0.0633. The van der Waals surface area contributed by atoms with E-state index in [1.54, 1.807) is 18.2 Å². The van der Waals surface area contributed by atoms with Crippen molar-refractivity contribution in [1.29, 1.82) is 0 Å². The van der Waals surface area contributed by atoms with Gasteiger partial charge in [-0.1, -0.05) is 29.8 Å². The molecule has 0 fully saturated rings. The van der Waals surface area contributed by atoms with E-state index >= 15 is 0 Å². The summed E-state index contributed by atoms with van der Waals surface area (Å²) in [5.41, 5.74) is 1.55. The van der Waals surface area contributed by atoms with Crippen LogP contribution >= 0.6 is 11.6 Å². The molecule has 0 saturated heterocycles. The molecule has 2 aromatic carbocycles. The zero-order valence-electron chi connectivity index (χ0n) is 10.3. The van der Waals surface area contributed by atoms with Gasteiger partial charge in [-0.15, -0.1) is 0 Å². The Kier molecular flexibility index (Phi) is 4.80. The lowest BCUT2D eigenvalue weighted by Gasteiger charge is -2.13. The molecule has 0 radical (unpaired) electrons. The number of aliphatic hydroxyl groups excluding tert-OH is 2. The van der Waals surface area contributed by atoms with E-state index in [9.17, 15) is 5.11 Å². The number of hydrogen-bond donors (Lipinski definition) is 2. The van der Waals surface area contributed by atoms with Gasteiger partial charge in [-0.25, -0.2) is 0 Å². The van der Waals surface area contributed by atoms with Gasteiger partial charge in [0.15, 0.2) is 0 Å². The Labute approximate surface area is 117 Å². The first-order valence-electron chi connectivity index (χ1n) is 6.00. The van der Waals surface area contributed by atoms with Gasteiger partial charge in [0.25, 0.3) is 0 Å². The fraction of sp³-hybridized carbons (Fsp3) is 0.200. The van der Waals surface area contributed by atoms with E-state index in [1.165, 1.54) is 0 Å². The van der Waals surface area contributed by atoms with Crippen molar-refractivity contribution < 1.29 is 14.9 Å². The molecule has 2 aromatic rings. The van der Waals surface area contributed by atoms with Crippen LogP contribution in [0.1, 0.15) is 11.1 Å². The summed E-state index contributed by atoms with van der Waals surface area (Å²) >= 11 is 5.88. The molecule has 0 heterocycles. The Balaban J connectivity index is 2.30. The molecule has 0 aromatic heterocycles. The van der Waals surface area contributed by atoms with Crippen molar-refractivity contribution in [3.8, 4) is 11.5 Å². The first kappa shape index (κ1) is 13.9. The monoisotopic (exact) mass is 278 g/mol. The van der Waals surface area contributed by atoms with E-state index in [0.29, 0.717) is 28.5 Å². The van der Waals surface area contributed by atoms with Gasteiger partial charge < -0.3 is 14.9 Å². The topological polar surface area (TPSA) is 49.7 Å². The Morgan fingerprint density at radius 1 is 0.947 bits per heavy atom. The maximum absolute atomic E-state index is 9.31. The zero-order chi connectivity index (χ0) is 13.7. The number of halogens is 1. The van der Waals surface area contributed by atoms with Gasteiger partial charge in [0.2, 0.25) is 0 Å². The molecule has 0 amide bonds. The predicted octanol–water partition coefficient (Wildman–Crippen LogP) is 3.16. The van der Waals surface area contributed by atoms with Crippen molar-refractivity contribution in [3.63, 3.8) is 0 Å². The fourth-order valence-electron chi connectivity index (χ4n) is 1.82. The lowest BCUT2D eigenvalue weighted by Crippen LogP contribution is -1.97. The number of benzene rings is 2. The van der Waals surface area contributed by atoms with Crippen LogP contribution in [0, 0.1) is 0 Å². The largest absolute Gasteiger partial charge is 0.457 e. The average molecular weight is 279 g/mol. The number of rotatable bonds is 5. The summed E-state index contributed by atoms with van der Waals surface area (Å²) in [5, 5.41) is 18.9. The minimum atomic E-state index is -0.141. The Morgan fingerprint density at radius 3 is 2.42 bits per heavy atom. The second-order valence-electron chi connectivity index (χ2n) is 4.09. The molecule has 4 heteroatoms. The summed E-state index contributed by atoms with van der Waals surface area (Å²) in [6.07, 6.45) is 0.526. The first-order valence-corrected chi connectivity index (χ1v) is 6.38. The molecule has 0 bridgehead atoms. The van der Waals surface area contributed by atoms with E-state index in [-0.39, 0.29) is 13.2 Å². The summed E-state index contributed by atoms with van der Waals surface area (Å²) in [7, 11) is 0. The van der Waals surface area contributed by atoms with Gasteiger partial charge in [-0.3, -0.25) is 0 Å². The number of hydrogen-bond acceptors (Lipinski definition) is 3. The van der Waals surface area contributed by atoms with Crippen molar-refractivity contribution in [2.24, 2.45) is 0 Å². The molecular formula is C15H15ClO3. The third-order valence-electron chi connectivity index (χ3n) is 2.77. The predicted molar refractivity (Wildman–Crippen MR) is 74.7 cm³/mol. The molecular weight excluding hydrogens is 264 g/mol. The van der Waals surface area contributed by atoms with Gasteiger partial charge in [-0.2, -0.15) is 0 Å². The second kappa shape index (κ2) is 6.57. The second-order valence-corrected chi connectivity index (χ2v) is 4.53. The Hall–Kier alpha value is -1.55. The van der Waals surface area contributed by atoms with Crippen molar-refractivity contribution in [2.75, 3.05) is 6.61 Å². The number of ether oxygens (including phenoxy) is 1. The van der Waals surface area contributed by atoms with Crippen LogP contribution in [-0.4, -0.2) is 16.8 Å². The zero-order valence-corrected chi connectivity index (χ0v) is 11.1. The van der Waals surface area contributed by atoms with E-state index in [0.717, 1.165) is 5.56 Å². The average Bonchev–Trinajstić information content (AvgIpc) is 2.43. The van der Waals surface area contributed by atoms with E-state index in [4.69, 9.17) is 21.4 Å². The third-order valence-corrected chi connectivity index (χ3v) is 3.00. The molecule has 0 saturated carbocycles. The first-order chi connectivity index (χ1) is 9.24. The number of para-hydroxylation sites is 1. The van der Waals surface area contributed by atoms with Crippen LogP contribution in [0.3, 0.4) is 0 Å². The molecule has 2 N–H and O–H groups in total. The Bertz CT molecular complexity index is 555. The van der Waals surface area contributed by atoms with Gasteiger partial charge in [0, 0.05) is 17.2 Å².